The fourth-order valence-electron chi connectivity index (χ4n) is 3.88. The van der Waals surface area contributed by atoms with Gasteiger partial charge in [-0.1, -0.05) is 82.3 Å². The van der Waals surface area contributed by atoms with Gasteiger partial charge < -0.3 is 4.74 Å². The molecule has 4 nitrogen and oxygen atoms in total. The molecule has 1 aromatic heterocycles. The van der Waals surface area contributed by atoms with Gasteiger partial charge in [0.05, 0.1) is 0 Å². The first-order valence-electron chi connectivity index (χ1n) is 12.4. The molecule has 2 aromatic carbocycles. The van der Waals surface area contributed by atoms with Crippen LogP contribution in [0.2, 0.25) is 0 Å². The molecule has 1 heterocycles. The van der Waals surface area contributed by atoms with Crippen molar-refractivity contribution in [3.63, 3.8) is 0 Å². The number of unbranched alkanes of at least 4 members (excludes halogenated alkanes) is 4. The number of esters is 1. The third-order valence-electron chi connectivity index (χ3n) is 5.98. The molecular formula is C29H35FN2O2. The minimum Gasteiger partial charge on any atom is -0.424 e. The summed E-state index contributed by atoms with van der Waals surface area (Å²) >= 11 is 0. The Morgan fingerprint density at radius 2 is 1.44 bits per heavy atom. The van der Waals surface area contributed by atoms with Gasteiger partial charge in [0.2, 0.25) is 5.67 Å². The molecule has 3 rings (SSSR count). The lowest BCUT2D eigenvalue weighted by atomic mass is 10.0. The van der Waals surface area contributed by atoms with E-state index in [9.17, 15) is 9.18 Å². The number of nitrogens with zero attached hydrogens (tertiary/aromatic N) is 2. The molecule has 0 N–H and O–H groups in total. The van der Waals surface area contributed by atoms with Gasteiger partial charge >= 0.3 is 5.97 Å². The van der Waals surface area contributed by atoms with E-state index in [4.69, 9.17) is 4.74 Å². The summed E-state index contributed by atoms with van der Waals surface area (Å²) in [7, 11) is 0. The predicted molar refractivity (Wildman–Crippen MR) is 135 cm³/mol. The lowest BCUT2D eigenvalue weighted by Gasteiger charge is -2.17. The van der Waals surface area contributed by atoms with Crippen LogP contribution in [0.5, 0.6) is 5.75 Å². The van der Waals surface area contributed by atoms with Gasteiger partial charge in [-0.15, -0.1) is 0 Å². The Kier molecular flexibility index (Phi) is 9.32. The van der Waals surface area contributed by atoms with Gasteiger partial charge in [0.1, 0.15) is 5.75 Å². The molecule has 0 spiro atoms. The van der Waals surface area contributed by atoms with E-state index < -0.39 is 11.6 Å². The summed E-state index contributed by atoms with van der Waals surface area (Å²) in [4.78, 5) is 21.1. The summed E-state index contributed by atoms with van der Waals surface area (Å²) in [6, 6.07) is 15.4. The molecule has 0 fully saturated rings. The molecule has 1 unspecified atom stereocenters. The minimum atomic E-state index is -1.98. The number of benzene rings is 2. The van der Waals surface area contributed by atoms with E-state index >= 15 is 0 Å². The maximum atomic E-state index is 14.3. The van der Waals surface area contributed by atoms with E-state index in [2.05, 4.69) is 41.2 Å². The topological polar surface area (TPSA) is 52.1 Å². The van der Waals surface area contributed by atoms with Crippen LogP contribution >= 0.6 is 0 Å². The highest BCUT2D eigenvalue weighted by Crippen LogP contribution is 2.26. The van der Waals surface area contributed by atoms with Crippen LogP contribution in [0.3, 0.4) is 0 Å². The average Bonchev–Trinajstić information content (AvgIpc) is 2.85. The second kappa shape index (κ2) is 12.4. The number of hydrogen-bond donors (Lipinski definition) is 0. The van der Waals surface area contributed by atoms with Crippen molar-refractivity contribution in [2.45, 2.75) is 77.8 Å². The smallest absolute Gasteiger partial charge is 0.348 e. The molecule has 0 saturated carbocycles. The van der Waals surface area contributed by atoms with Crippen LogP contribution in [0.15, 0.2) is 60.9 Å². The number of alkyl halides is 1. The van der Waals surface area contributed by atoms with E-state index in [0.29, 0.717) is 18.0 Å². The molecule has 0 aliphatic heterocycles. The molecule has 1 atom stereocenters. The number of rotatable bonds is 12. The highest BCUT2D eigenvalue weighted by Gasteiger charge is 2.34. The highest BCUT2D eigenvalue weighted by atomic mass is 19.1. The fraction of sp³-hybridized carbons (Fsp3) is 0.414. The van der Waals surface area contributed by atoms with Gasteiger partial charge in [-0.05, 0) is 49.4 Å². The van der Waals surface area contributed by atoms with Crippen LogP contribution < -0.4 is 4.74 Å². The Labute approximate surface area is 202 Å². The van der Waals surface area contributed by atoms with Crippen molar-refractivity contribution in [2.75, 3.05) is 0 Å². The Balaban J connectivity index is 1.58. The number of carbonyl (C=O) groups is 1. The summed E-state index contributed by atoms with van der Waals surface area (Å²) in [5.41, 5.74) is 2.10. The molecule has 3 aromatic rings. The van der Waals surface area contributed by atoms with Gasteiger partial charge in [-0.25, -0.2) is 19.2 Å². The molecule has 180 valence electrons. The fourth-order valence-corrected chi connectivity index (χ4v) is 3.88. The number of halogens is 1. The van der Waals surface area contributed by atoms with Gasteiger partial charge in [0.25, 0.3) is 0 Å². The van der Waals surface area contributed by atoms with E-state index in [0.717, 1.165) is 23.1 Å². The van der Waals surface area contributed by atoms with Crippen molar-refractivity contribution in [3.05, 3.63) is 66.5 Å². The summed E-state index contributed by atoms with van der Waals surface area (Å²) in [6.07, 6.45) is 11.8. The lowest BCUT2D eigenvalue weighted by Crippen LogP contribution is -2.34. The van der Waals surface area contributed by atoms with E-state index in [-0.39, 0.29) is 6.42 Å². The Morgan fingerprint density at radius 1 is 0.824 bits per heavy atom. The first-order valence-corrected chi connectivity index (χ1v) is 12.4. The van der Waals surface area contributed by atoms with E-state index in [1.54, 1.807) is 24.5 Å². The Bertz CT molecular complexity index is 1030. The van der Waals surface area contributed by atoms with Gasteiger partial charge in [0.15, 0.2) is 5.82 Å². The third-order valence-corrected chi connectivity index (χ3v) is 5.98. The second-order valence-corrected chi connectivity index (χ2v) is 9.02. The lowest BCUT2D eigenvalue weighted by molar-refractivity contribution is -0.147. The maximum absolute atomic E-state index is 14.3. The Hall–Kier alpha value is -3.08. The molecule has 34 heavy (non-hydrogen) atoms. The number of ether oxygens (including phenoxy) is 1. The Morgan fingerprint density at radius 3 is 2.06 bits per heavy atom. The largest absolute Gasteiger partial charge is 0.424 e. The zero-order chi connectivity index (χ0) is 24.4. The number of hydrogen-bond acceptors (Lipinski definition) is 4. The quantitative estimate of drug-likeness (QED) is 0.157. The van der Waals surface area contributed by atoms with Crippen LogP contribution in [0, 0.1) is 0 Å². The molecule has 0 radical (unpaired) electrons. The molecule has 5 heteroatoms. The van der Waals surface area contributed by atoms with E-state index in [1.165, 1.54) is 44.6 Å². The number of carbonyl (C=O) groups excluding carboxylic acids is 1. The standard InChI is InChI=1S/C29H35FN2O2/c1-4-6-7-8-9-10-22-11-13-24(14-12-22)27-31-20-25(21-32-27)23-15-17-26(18-16-23)34-28(33)29(3,30)19-5-2/h11-18,20-21H,4-10,19H2,1-3H3. The summed E-state index contributed by atoms with van der Waals surface area (Å²) < 4.78 is 19.5. The van der Waals surface area contributed by atoms with Crippen molar-refractivity contribution >= 4 is 5.97 Å². The SMILES string of the molecule is CCCCCCCc1ccc(-c2ncc(-c3ccc(OC(=O)C(C)(F)CCC)cc3)cn2)cc1. The molecule has 0 amide bonds. The van der Waals surface area contributed by atoms with Crippen LogP contribution in [-0.4, -0.2) is 21.6 Å². The molecule has 0 aliphatic carbocycles. The number of aryl methyl sites for hydroxylation is 1. The van der Waals surface area contributed by atoms with Crippen molar-refractivity contribution in [3.8, 4) is 28.3 Å². The van der Waals surface area contributed by atoms with Crippen molar-refractivity contribution < 1.29 is 13.9 Å². The van der Waals surface area contributed by atoms with Gasteiger partial charge in [-0.2, -0.15) is 0 Å². The first-order chi connectivity index (χ1) is 16.4. The van der Waals surface area contributed by atoms with Crippen LogP contribution in [0.4, 0.5) is 4.39 Å². The zero-order valence-electron chi connectivity index (χ0n) is 20.5. The maximum Gasteiger partial charge on any atom is 0.348 e. The third kappa shape index (κ3) is 7.21. The zero-order valence-corrected chi connectivity index (χ0v) is 20.5. The second-order valence-electron chi connectivity index (χ2n) is 9.02. The van der Waals surface area contributed by atoms with Crippen LogP contribution in [-0.2, 0) is 11.2 Å². The normalized spacial score (nSPS) is 12.8. The summed E-state index contributed by atoms with van der Waals surface area (Å²) in [5, 5.41) is 0. The van der Waals surface area contributed by atoms with Gasteiger partial charge in [-0.3, -0.25) is 0 Å². The average molecular weight is 463 g/mol. The minimum absolute atomic E-state index is 0.134. The molecular weight excluding hydrogens is 427 g/mol. The van der Waals surface area contributed by atoms with E-state index in [1.807, 2.05) is 19.1 Å². The summed E-state index contributed by atoms with van der Waals surface area (Å²) in [5.74, 6) is 0.135. The van der Waals surface area contributed by atoms with Crippen molar-refractivity contribution in [1.82, 2.24) is 9.97 Å². The number of aromatic nitrogens is 2. The van der Waals surface area contributed by atoms with Crippen molar-refractivity contribution in [1.29, 1.82) is 0 Å². The predicted octanol–water partition coefficient (Wildman–Crippen LogP) is 7.76. The molecule has 0 saturated heterocycles. The molecule has 0 bridgehead atoms. The van der Waals surface area contributed by atoms with Crippen LogP contribution in [0.1, 0.15) is 71.3 Å². The highest BCUT2D eigenvalue weighted by molar-refractivity contribution is 5.81. The first kappa shape index (κ1) is 25.5. The summed E-state index contributed by atoms with van der Waals surface area (Å²) in [6.45, 7) is 5.33. The van der Waals surface area contributed by atoms with Crippen LogP contribution in [0.25, 0.3) is 22.5 Å². The van der Waals surface area contributed by atoms with Crippen molar-refractivity contribution in [2.24, 2.45) is 0 Å². The molecule has 0 aliphatic rings. The monoisotopic (exact) mass is 462 g/mol. The van der Waals surface area contributed by atoms with Gasteiger partial charge in [0, 0.05) is 23.5 Å².